The van der Waals surface area contributed by atoms with Crippen LogP contribution in [-0.2, 0) is 27.7 Å². The van der Waals surface area contributed by atoms with Crippen molar-refractivity contribution >= 4 is 16.9 Å². The summed E-state index contributed by atoms with van der Waals surface area (Å²) in [6, 6.07) is 16.7. The highest BCUT2D eigenvalue weighted by molar-refractivity contribution is 7.79. The van der Waals surface area contributed by atoms with Crippen LogP contribution in [0.25, 0.3) is 11.1 Å². The average Bonchev–Trinajstić information content (AvgIpc) is 3.46. The number of Topliss-reactive ketones (excluding diaryl/α,β-unsaturated/α-hetero) is 1. The van der Waals surface area contributed by atoms with Crippen LogP contribution in [-0.4, -0.2) is 21.3 Å². The Morgan fingerprint density at radius 3 is 2.39 bits per heavy atom. The van der Waals surface area contributed by atoms with E-state index >= 15 is 0 Å². The molecule has 1 fully saturated rings. The van der Waals surface area contributed by atoms with Crippen LogP contribution in [0.2, 0.25) is 0 Å². The van der Waals surface area contributed by atoms with Crippen molar-refractivity contribution in [2.75, 3.05) is 6.79 Å². The van der Waals surface area contributed by atoms with Gasteiger partial charge < -0.3 is 14.0 Å². The van der Waals surface area contributed by atoms with Crippen LogP contribution in [0.5, 0.6) is 11.5 Å². The molecule has 0 saturated heterocycles. The molecule has 31 heavy (non-hydrogen) atoms. The predicted molar refractivity (Wildman–Crippen MR) is 113 cm³/mol. The summed E-state index contributed by atoms with van der Waals surface area (Å²) in [4.78, 5) is 13.5. The molecule has 3 aromatic carbocycles. The van der Waals surface area contributed by atoms with Crippen molar-refractivity contribution in [3.63, 3.8) is 0 Å². The van der Waals surface area contributed by atoms with Crippen molar-refractivity contribution in [2.24, 2.45) is 0 Å². The minimum Gasteiger partial charge on any atom is -0.454 e. The Balaban J connectivity index is 1.40. The number of ether oxygens (including phenoxy) is 2. The average molecular weight is 438 g/mol. The van der Waals surface area contributed by atoms with Crippen LogP contribution < -0.4 is 9.47 Å². The van der Waals surface area contributed by atoms with Gasteiger partial charge >= 0.3 is 0 Å². The summed E-state index contributed by atoms with van der Waals surface area (Å²) < 4.78 is 45.6. The molecule has 1 atom stereocenters. The molecule has 0 spiro atoms. The summed E-state index contributed by atoms with van der Waals surface area (Å²) in [5.41, 5.74) is 2.14. The summed E-state index contributed by atoms with van der Waals surface area (Å²) in [5.74, 6) is 0.860. The molecule has 0 aromatic heterocycles. The smallest absolute Gasteiger partial charge is 0.231 e. The minimum absolute atomic E-state index is 0.00709. The first-order valence-corrected chi connectivity index (χ1v) is 11.0. The lowest BCUT2D eigenvalue weighted by Gasteiger charge is -2.16. The number of carbonyl (C=O) groups is 1. The third-order valence-electron chi connectivity index (χ3n) is 5.99. The van der Waals surface area contributed by atoms with Gasteiger partial charge in [0.25, 0.3) is 0 Å². The summed E-state index contributed by atoms with van der Waals surface area (Å²) in [5, 5.41) is 0. The van der Waals surface area contributed by atoms with Crippen molar-refractivity contribution in [2.45, 2.75) is 29.6 Å². The quantitative estimate of drug-likeness (QED) is 0.568. The Kier molecular flexibility index (Phi) is 4.87. The molecule has 0 radical (unpaired) electrons. The normalized spacial score (nSPS) is 16.7. The van der Waals surface area contributed by atoms with Crippen molar-refractivity contribution in [3.8, 4) is 22.6 Å². The SMILES string of the molecule is O=C(Cc1cc(-c2ccc(S(=O)O)cc2)ccc1F)C1(c2ccc3c(c2)OCO3)CC1. The van der Waals surface area contributed by atoms with Crippen LogP contribution in [0.3, 0.4) is 0 Å². The molecule has 7 heteroatoms. The number of hydrogen-bond acceptors (Lipinski definition) is 4. The van der Waals surface area contributed by atoms with Crippen molar-refractivity contribution in [3.05, 3.63) is 77.6 Å². The molecule has 0 amide bonds. The highest BCUT2D eigenvalue weighted by atomic mass is 32.2. The molecular formula is C24H19FO5S. The number of rotatable bonds is 6. The molecule has 1 aliphatic carbocycles. The third-order valence-corrected chi connectivity index (χ3v) is 6.67. The Bertz CT molecular complexity index is 1200. The standard InChI is InChI=1S/C24H19FO5S/c25-20-7-3-16(15-1-5-19(6-2-15)31(27)28)11-17(20)12-23(26)24(9-10-24)18-4-8-21-22(13-18)30-14-29-21/h1-8,11,13H,9-10,12,14H2,(H,27,28). The fraction of sp³-hybridized carbons (Fsp3) is 0.208. The second-order valence-corrected chi connectivity index (χ2v) is 8.80. The highest BCUT2D eigenvalue weighted by Crippen LogP contribution is 2.51. The Labute approximate surface area is 181 Å². The number of ketones is 1. The van der Waals surface area contributed by atoms with Gasteiger partial charge in [-0.1, -0.05) is 24.3 Å². The minimum atomic E-state index is -2.05. The number of halogens is 1. The number of fused-ring (bicyclic) bond motifs is 1. The zero-order valence-corrected chi connectivity index (χ0v) is 17.3. The van der Waals surface area contributed by atoms with Gasteiger partial charge in [-0.3, -0.25) is 4.79 Å². The van der Waals surface area contributed by atoms with Gasteiger partial charge in [-0.25, -0.2) is 8.60 Å². The van der Waals surface area contributed by atoms with Gasteiger partial charge in [0.05, 0.1) is 10.3 Å². The van der Waals surface area contributed by atoms with E-state index in [2.05, 4.69) is 0 Å². The molecule has 1 heterocycles. The highest BCUT2D eigenvalue weighted by Gasteiger charge is 2.51. The summed E-state index contributed by atoms with van der Waals surface area (Å²) in [6.45, 7) is 0.174. The lowest BCUT2D eigenvalue weighted by molar-refractivity contribution is -0.120. The molecular weight excluding hydrogens is 419 g/mol. The van der Waals surface area contributed by atoms with Crippen LogP contribution in [0, 0.1) is 5.82 Å². The maximum atomic E-state index is 14.5. The molecule has 5 rings (SSSR count). The van der Waals surface area contributed by atoms with Crippen LogP contribution in [0.15, 0.2) is 65.6 Å². The van der Waals surface area contributed by atoms with E-state index in [1.54, 1.807) is 36.4 Å². The van der Waals surface area contributed by atoms with E-state index in [-0.39, 0.29) is 19.0 Å². The maximum absolute atomic E-state index is 14.5. The first-order chi connectivity index (χ1) is 15.0. The molecule has 1 unspecified atom stereocenters. The molecule has 1 aliphatic heterocycles. The fourth-order valence-electron chi connectivity index (χ4n) is 4.04. The van der Waals surface area contributed by atoms with Crippen LogP contribution >= 0.6 is 0 Å². The van der Waals surface area contributed by atoms with E-state index in [9.17, 15) is 13.4 Å². The first-order valence-electron chi connectivity index (χ1n) is 9.89. The molecule has 1 N–H and O–H groups in total. The zero-order valence-electron chi connectivity index (χ0n) is 16.5. The Hall–Kier alpha value is -3.03. The molecule has 5 nitrogen and oxygen atoms in total. The van der Waals surface area contributed by atoms with Crippen molar-refractivity contribution in [1.29, 1.82) is 0 Å². The Morgan fingerprint density at radius 2 is 1.68 bits per heavy atom. The van der Waals surface area contributed by atoms with Crippen molar-refractivity contribution in [1.82, 2.24) is 0 Å². The zero-order chi connectivity index (χ0) is 21.6. The molecule has 2 aliphatic rings. The molecule has 3 aromatic rings. The number of hydrogen-bond donors (Lipinski definition) is 1. The lowest BCUT2D eigenvalue weighted by Crippen LogP contribution is -2.23. The van der Waals surface area contributed by atoms with Gasteiger partial charge in [-0.15, -0.1) is 0 Å². The molecule has 1 saturated carbocycles. The maximum Gasteiger partial charge on any atom is 0.231 e. The van der Waals surface area contributed by atoms with Gasteiger partial charge in [0.1, 0.15) is 11.6 Å². The first kappa shape index (κ1) is 19.9. The largest absolute Gasteiger partial charge is 0.454 e. The van der Waals surface area contributed by atoms with Gasteiger partial charge in [0.15, 0.2) is 22.6 Å². The third kappa shape index (κ3) is 3.64. The van der Waals surface area contributed by atoms with Gasteiger partial charge in [-0.05, 0) is 71.5 Å². The van der Waals surface area contributed by atoms with Gasteiger partial charge in [0, 0.05) is 6.42 Å². The van der Waals surface area contributed by atoms with E-state index in [1.807, 2.05) is 18.2 Å². The van der Waals surface area contributed by atoms with E-state index in [0.29, 0.717) is 22.0 Å². The predicted octanol–water partition coefficient (Wildman–Crippen LogP) is 4.65. The van der Waals surface area contributed by atoms with E-state index < -0.39 is 22.3 Å². The number of carbonyl (C=O) groups excluding carboxylic acids is 1. The van der Waals surface area contributed by atoms with E-state index in [4.69, 9.17) is 14.0 Å². The Morgan fingerprint density at radius 1 is 0.968 bits per heavy atom. The second kappa shape index (κ2) is 7.59. The van der Waals surface area contributed by atoms with Crippen LogP contribution in [0.4, 0.5) is 4.39 Å². The van der Waals surface area contributed by atoms with E-state index in [0.717, 1.165) is 29.5 Å². The molecule has 0 bridgehead atoms. The van der Waals surface area contributed by atoms with Gasteiger partial charge in [-0.2, -0.15) is 0 Å². The monoisotopic (exact) mass is 438 g/mol. The topological polar surface area (TPSA) is 72.8 Å². The van der Waals surface area contributed by atoms with E-state index in [1.165, 1.54) is 6.07 Å². The van der Waals surface area contributed by atoms with Gasteiger partial charge in [0.2, 0.25) is 6.79 Å². The molecule has 158 valence electrons. The second-order valence-electron chi connectivity index (χ2n) is 7.83. The summed E-state index contributed by atoms with van der Waals surface area (Å²) in [7, 11) is 0. The van der Waals surface area contributed by atoms with Crippen molar-refractivity contribution < 1.29 is 27.4 Å². The lowest BCUT2D eigenvalue weighted by atomic mass is 9.87. The summed E-state index contributed by atoms with van der Waals surface area (Å²) >= 11 is -2.05. The van der Waals surface area contributed by atoms with Crippen LogP contribution in [0.1, 0.15) is 24.0 Å². The fourth-order valence-corrected chi connectivity index (χ4v) is 4.41. The summed E-state index contributed by atoms with van der Waals surface area (Å²) in [6.07, 6.45) is 1.45. The number of benzene rings is 3.